The highest BCUT2D eigenvalue weighted by Gasteiger charge is 2.39. The number of nitrogens with one attached hydrogen (secondary N) is 2. The average Bonchev–Trinajstić information content (AvgIpc) is 3.10. The van der Waals surface area contributed by atoms with Crippen molar-refractivity contribution in [3.63, 3.8) is 0 Å². The second-order valence-electron chi connectivity index (χ2n) is 5.40. The van der Waals surface area contributed by atoms with Crippen LogP contribution in [0.2, 0.25) is 0 Å². The van der Waals surface area contributed by atoms with Crippen LogP contribution in [0.1, 0.15) is 12.8 Å². The van der Waals surface area contributed by atoms with E-state index >= 15 is 0 Å². The van der Waals surface area contributed by atoms with Crippen LogP contribution in [0, 0.1) is 0 Å². The topological polar surface area (TPSA) is 68.2 Å². The number of aromatic nitrogens is 2. The normalized spacial score (nSPS) is 17.1. The van der Waals surface area contributed by atoms with Gasteiger partial charge in [0.2, 0.25) is 0 Å². The molecule has 3 rings (SSSR count). The van der Waals surface area contributed by atoms with Crippen molar-refractivity contribution in [3.8, 4) is 5.69 Å². The molecule has 1 amide bonds. The Morgan fingerprint density at radius 1 is 1.36 bits per heavy atom. The van der Waals surface area contributed by atoms with Crippen molar-refractivity contribution in [1.29, 1.82) is 0 Å². The van der Waals surface area contributed by atoms with Crippen molar-refractivity contribution in [1.82, 2.24) is 15.1 Å². The standard InChI is InChI=1S/C16H20N4O2/c1-22-16(6-9-17-10-7-16)15(21)19-13-4-2-5-14(12-13)20-11-3-8-18-20/h2-5,8,11-12,17H,6-7,9-10H2,1H3,(H,19,21). The molecule has 116 valence electrons. The van der Waals surface area contributed by atoms with Gasteiger partial charge in [-0.3, -0.25) is 4.79 Å². The minimum Gasteiger partial charge on any atom is -0.368 e. The number of hydrogen-bond donors (Lipinski definition) is 2. The summed E-state index contributed by atoms with van der Waals surface area (Å²) in [4.78, 5) is 12.6. The molecule has 2 N–H and O–H groups in total. The molecular formula is C16H20N4O2. The highest BCUT2D eigenvalue weighted by molar-refractivity contribution is 5.97. The molecule has 0 atom stereocenters. The van der Waals surface area contributed by atoms with Crippen LogP contribution >= 0.6 is 0 Å². The zero-order chi connectivity index (χ0) is 15.4. The van der Waals surface area contributed by atoms with Crippen LogP contribution in [0.5, 0.6) is 0 Å². The second-order valence-corrected chi connectivity index (χ2v) is 5.40. The molecule has 2 heterocycles. The molecule has 1 aromatic heterocycles. The first-order chi connectivity index (χ1) is 10.7. The average molecular weight is 300 g/mol. The fourth-order valence-electron chi connectivity index (χ4n) is 2.75. The van der Waals surface area contributed by atoms with Crippen LogP contribution in [-0.4, -0.2) is 41.5 Å². The number of ether oxygens (including phenoxy) is 1. The van der Waals surface area contributed by atoms with Gasteiger partial charge in [-0.2, -0.15) is 5.10 Å². The zero-order valence-corrected chi connectivity index (χ0v) is 12.6. The summed E-state index contributed by atoms with van der Waals surface area (Å²) in [5, 5.41) is 10.4. The van der Waals surface area contributed by atoms with Gasteiger partial charge in [-0.1, -0.05) is 6.07 Å². The van der Waals surface area contributed by atoms with E-state index in [9.17, 15) is 4.79 Å². The molecule has 1 fully saturated rings. The summed E-state index contributed by atoms with van der Waals surface area (Å²) in [6.45, 7) is 1.57. The van der Waals surface area contributed by atoms with Crippen molar-refractivity contribution < 1.29 is 9.53 Å². The lowest BCUT2D eigenvalue weighted by molar-refractivity contribution is -0.140. The highest BCUT2D eigenvalue weighted by atomic mass is 16.5. The zero-order valence-electron chi connectivity index (χ0n) is 12.6. The molecule has 0 aliphatic carbocycles. The Hall–Kier alpha value is -2.18. The Labute approximate surface area is 129 Å². The Bertz CT molecular complexity index is 633. The first-order valence-electron chi connectivity index (χ1n) is 7.41. The molecule has 1 saturated heterocycles. The Morgan fingerprint density at radius 3 is 2.86 bits per heavy atom. The molecular weight excluding hydrogens is 280 g/mol. The number of rotatable bonds is 4. The number of nitrogens with zero attached hydrogens (tertiary/aromatic N) is 2. The van der Waals surface area contributed by atoms with E-state index in [1.807, 2.05) is 36.5 Å². The lowest BCUT2D eigenvalue weighted by Crippen LogP contribution is -2.51. The lowest BCUT2D eigenvalue weighted by atomic mass is 9.91. The number of hydrogen-bond acceptors (Lipinski definition) is 4. The third kappa shape index (κ3) is 2.88. The Kier molecular flexibility index (Phi) is 4.22. The number of methoxy groups -OCH3 is 1. The minimum atomic E-state index is -0.743. The van der Waals surface area contributed by atoms with Crippen molar-refractivity contribution in [2.45, 2.75) is 18.4 Å². The number of carbonyl (C=O) groups excluding carboxylic acids is 1. The fraction of sp³-hybridized carbons (Fsp3) is 0.375. The van der Waals surface area contributed by atoms with Crippen LogP contribution in [0.15, 0.2) is 42.7 Å². The van der Waals surface area contributed by atoms with Gasteiger partial charge in [0, 0.05) is 25.2 Å². The Balaban J connectivity index is 1.78. The molecule has 1 aliphatic heterocycles. The van der Waals surface area contributed by atoms with Gasteiger partial charge in [0.25, 0.3) is 5.91 Å². The molecule has 0 unspecified atom stereocenters. The Morgan fingerprint density at radius 2 is 2.18 bits per heavy atom. The lowest BCUT2D eigenvalue weighted by Gasteiger charge is -2.34. The van der Waals surface area contributed by atoms with E-state index in [2.05, 4.69) is 15.7 Å². The van der Waals surface area contributed by atoms with Crippen molar-refractivity contribution in [3.05, 3.63) is 42.7 Å². The largest absolute Gasteiger partial charge is 0.368 e. The first kappa shape index (κ1) is 14.7. The molecule has 2 aromatic rings. The predicted molar refractivity (Wildman–Crippen MR) is 84.0 cm³/mol. The van der Waals surface area contributed by atoms with Crippen LogP contribution in [-0.2, 0) is 9.53 Å². The van der Waals surface area contributed by atoms with E-state index in [-0.39, 0.29) is 5.91 Å². The third-order valence-electron chi connectivity index (χ3n) is 4.09. The molecule has 6 nitrogen and oxygen atoms in total. The van der Waals surface area contributed by atoms with Gasteiger partial charge in [0.15, 0.2) is 0 Å². The summed E-state index contributed by atoms with van der Waals surface area (Å²) in [5.74, 6) is -0.0888. The number of piperidine rings is 1. The van der Waals surface area contributed by atoms with E-state index in [4.69, 9.17) is 4.74 Å². The molecule has 1 aliphatic rings. The molecule has 0 saturated carbocycles. The smallest absolute Gasteiger partial charge is 0.256 e. The molecule has 0 bridgehead atoms. The summed E-state index contributed by atoms with van der Waals surface area (Å²) in [7, 11) is 1.60. The number of carbonyl (C=O) groups is 1. The van der Waals surface area contributed by atoms with Crippen molar-refractivity contribution in [2.75, 3.05) is 25.5 Å². The molecule has 0 spiro atoms. The molecule has 22 heavy (non-hydrogen) atoms. The summed E-state index contributed by atoms with van der Waals surface area (Å²) >= 11 is 0. The minimum absolute atomic E-state index is 0.0888. The van der Waals surface area contributed by atoms with Crippen molar-refractivity contribution in [2.24, 2.45) is 0 Å². The second kappa shape index (κ2) is 6.29. The third-order valence-corrected chi connectivity index (χ3v) is 4.09. The fourth-order valence-corrected chi connectivity index (χ4v) is 2.75. The molecule has 6 heteroatoms. The summed E-state index contributed by atoms with van der Waals surface area (Å²) < 4.78 is 7.30. The van der Waals surface area contributed by atoms with Gasteiger partial charge < -0.3 is 15.4 Å². The maximum atomic E-state index is 12.6. The van der Waals surface area contributed by atoms with Gasteiger partial charge in [0.1, 0.15) is 5.60 Å². The SMILES string of the molecule is COC1(C(=O)Nc2cccc(-n3cccn3)c2)CCNCC1. The monoisotopic (exact) mass is 300 g/mol. The first-order valence-corrected chi connectivity index (χ1v) is 7.41. The van der Waals surface area contributed by atoms with Crippen LogP contribution in [0.3, 0.4) is 0 Å². The quantitative estimate of drug-likeness (QED) is 0.899. The van der Waals surface area contributed by atoms with E-state index in [1.54, 1.807) is 18.0 Å². The van der Waals surface area contributed by atoms with Gasteiger partial charge in [-0.15, -0.1) is 0 Å². The highest BCUT2D eigenvalue weighted by Crippen LogP contribution is 2.25. The van der Waals surface area contributed by atoms with Gasteiger partial charge in [-0.05, 0) is 50.2 Å². The van der Waals surface area contributed by atoms with E-state index in [0.29, 0.717) is 12.8 Å². The summed E-state index contributed by atoms with van der Waals surface area (Å²) in [6.07, 6.45) is 4.94. The predicted octanol–water partition coefficient (Wildman–Crippen LogP) is 1.58. The molecule has 0 radical (unpaired) electrons. The number of amides is 1. The van der Waals surface area contributed by atoms with Crippen LogP contribution in [0.25, 0.3) is 5.69 Å². The maximum absolute atomic E-state index is 12.6. The van der Waals surface area contributed by atoms with Gasteiger partial charge in [0.05, 0.1) is 5.69 Å². The van der Waals surface area contributed by atoms with E-state index in [1.165, 1.54) is 0 Å². The van der Waals surface area contributed by atoms with Crippen molar-refractivity contribution >= 4 is 11.6 Å². The summed E-state index contributed by atoms with van der Waals surface area (Å²) in [6, 6.07) is 9.47. The van der Waals surface area contributed by atoms with Crippen LogP contribution < -0.4 is 10.6 Å². The number of anilines is 1. The van der Waals surface area contributed by atoms with Gasteiger partial charge >= 0.3 is 0 Å². The maximum Gasteiger partial charge on any atom is 0.256 e. The molecule has 1 aromatic carbocycles. The van der Waals surface area contributed by atoms with Gasteiger partial charge in [-0.25, -0.2) is 4.68 Å². The van der Waals surface area contributed by atoms with E-state index < -0.39 is 5.60 Å². The van der Waals surface area contributed by atoms with Crippen LogP contribution in [0.4, 0.5) is 5.69 Å². The van der Waals surface area contributed by atoms with E-state index in [0.717, 1.165) is 24.5 Å². The number of benzene rings is 1. The summed E-state index contributed by atoms with van der Waals surface area (Å²) in [5.41, 5.74) is 0.903.